The molecule has 0 spiro atoms. The molecule has 0 fully saturated rings. The first-order valence-corrected chi connectivity index (χ1v) is 5.56. The summed E-state index contributed by atoms with van der Waals surface area (Å²) >= 11 is 0. The highest BCUT2D eigenvalue weighted by Crippen LogP contribution is 2.13. The van der Waals surface area contributed by atoms with Gasteiger partial charge < -0.3 is 14.8 Å². The van der Waals surface area contributed by atoms with Crippen LogP contribution in [0.5, 0.6) is 5.88 Å². The molecule has 0 radical (unpaired) electrons. The predicted molar refractivity (Wildman–Crippen MR) is 65.9 cm³/mol. The van der Waals surface area contributed by atoms with E-state index in [1.54, 1.807) is 6.07 Å². The van der Waals surface area contributed by atoms with Crippen LogP contribution in [0.2, 0.25) is 0 Å². The summed E-state index contributed by atoms with van der Waals surface area (Å²) < 4.78 is 10.5. The zero-order valence-corrected chi connectivity index (χ0v) is 10.2. The average molecular weight is 235 g/mol. The molecular formula is C12H17N3O2. The summed E-state index contributed by atoms with van der Waals surface area (Å²) in [6.07, 6.45) is 5.13. The van der Waals surface area contributed by atoms with Crippen LogP contribution in [0.15, 0.2) is 6.07 Å². The quantitative estimate of drug-likeness (QED) is 0.725. The first-order valence-electron chi connectivity index (χ1n) is 5.56. The summed E-state index contributed by atoms with van der Waals surface area (Å²) in [6, 6.07) is 1.72. The largest absolute Gasteiger partial charge is 0.464 e. The summed E-state index contributed by atoms with van der Waals surface area (Å²) in [5.41, 5.74) is 0. The normalized spacial score (nSPS) is 9.71. The standard InChI is InChI=1S/C12H17N3O2/c1-4-7-17-12-8-10(13-5-2)14-11(15-12)9-16-6-3/h1,8H,5-7,9H2,2-3H3,(H,13,14,15). The third kappa shape index (κ3) is 4.70. The van der Waals surface area contributed by atoms with Gasteiger partial charge in [-0.3, -0.25) is 0 Å². The molecule has 0 aliphatic heterocycles. The molecule has 5 heteroatoms. The van der Waals surface area contributed by atoms with E-state index in [0.717, 1.165) is 6.54 Å². The molecule has 0 aromatic carbocycles. The second kappa shape index (κ2) is 7.47. The molecule has 0 unspecified atom stereocenters. The molecule has 0 bridgehead atoms. The van der Waals surface area contributed by atoms with Crippen LogP contribution < -0.4 is 10.1 Å². The molecule has 0 aliphatic rings. The van der Waals surface area contributed by atoms with E-state index in [9.17, 15) is 0 Å². The van der Waals surface area contributed by atoms with Gasteiger partial charge in [0.2, 0.25) is 5.88 Å². The zero-order chi connectivity index (χ0) is 12.5. The molecule has 0 atom stereocenters. The van der Waals surface area contributed by atoms with Crippen molar-refractivity contribution in [1.82, 2.24) is 9.97 Å². The van der Waals surface area contributed by atoms with Crippen LogP contribution in [0.1, 0.15) is 19.7 Å². The fourth-order valence-corrected chi connectivity index (χ4v) is 1.19. The van der Waals surface area contributed by atoms with Crippen molar-refractivity contribution in [2.24, 2.45) is 0 Å². The highest BCUT2D eigenvalue weighted by molar-refractivity contribution is 5.38. The molecule has 17 heavy (non-hydrogen) atoms. The molecule has 0 amide bonds. The fraction of sp³-hybridized carbons (Fsp3) is 0.500. The van der Waals surface area contributed by atoms with Gasteiger partial charge in [0.15, 0.2) is 12.4 Å². The fourth-order valence-electron chi connectivity index (χ4n) is 1.19. The van der Waals surface area contributed by atoms with Crippen molar-refractivity contribution in [3.63, 3.8) is 0 Å². The number of rotatable bonds is 7. The van der Waals surface area contributed by atoms with Gasteiger partial charge in [0, 0.05) is 19.2 Å². The molecule has 1 N–H and O–H groups in total. The van der Waals surface area contributed by atoms with Crippen LogP contribution in [-0.4, -0.2) is 29.7 Å². The SMILES string of the molecule is C#CCOc1cc(NCC)nc(COCC)n1. The number of anilines is 1. The molecule has 0 saturated heterocycles. The van der Waals surface area contributed by atoms with Crippen LogP contribution in [0.3, 0.4) is 0 Å². The number of hydrogen-bond acceptors (Lipinski definition) is 5. The zero-order valence-electron chi connectivity index (χ0n) is 10.2. The highest BCUT2D eigenvalue weighted by Gasteiger charge is 2.05. The molecular weight excluding hydrogens is 218 g/mol. The summed E-state index contributed by atoms with van der Waals surface area (Å²) in [5, 5.41) is 3.10. The van der Waals surface area contributed by atoms with Crippen LogP contribution in [0, 0.1) is 12.3 Å². The van der Waals surface area contributed by atoms with Crippen molar-refractivity contribution < 1.29 is 9.47 Å². The Balaban J connectivity index is 2.80. The van der Waals surface area contributed by atoms with E-state index in [4.69, 9.17) is 15.9 Å². The second-order valence-corrected chi connectivity index (χ2v) is 3.17. The highest BCUT2D eigenvalue weighted by atomic mass is 16.5. The molecule has 1 heterocycles. The Bertz CT molecular complexity index is 388. The summed E-state index contributed by atoms with van der Waals surface area (Å²) in [7, 11) is 0. The summed E-state index contributed by atoms with van der Waals surface area (Å²) in [5.74, 6) is 4.15. The first-order chi connectivity index (χ1) is 8.30. The Morgan fingerprint density at radius 3 is 2.88 bits per heavy atom. The van der Waals surface area contributed by atoms with Crippen LogP contribution in [0.25, 0.3) is 0 Å². The lowest BCUT2D eigenvalue weighted by Crippen LogP contribution is -2.07. The minimum Gasteiger partial charge on any atom is -0.464 e. The Morgan fingerprint density at radius 2 is 2.24 bits per heavy atom. The maximum absolute atomic E-state index is 5.28. The van der Waals surface area contributed by atoms with E-state index >= 15 is 0 Å². The van der Waals surface area contributed by atoms with Gasteiger partial charge in [-0.15, -0.1) is 6.42 Å². The van der Waals surface area contributed by atoms with Gasteiger partial charge in [0.1, 0.15) is 12.4 Å². The van der Waals surface area contributed by atoms with Crippen molar-refractivity contribution in [2.75, 3.05) is 25.1 Å². The smallest absolute Gasteiger partial charge is 0.219 e. The number of nitrogens with one attached hydrogen (secondary N) is 1. The maximum Gasteiger partial charge on any atom is 0.219 e. The first kappa shape index (κ1) is 13.3. The monoisotopic (exact) mass is 235 g/mol. The van der Waals surface area contributed by atoms with E-state index in [0.29, 0.717) is 30.7 Å². The Hall–Kier alpha value is -1.80. The van der Waals surface area contributed by atoms with E-state index in [1.807, 2.05) is 13.8 Å². The molecule has 0 aliphatic carbocycles. The third-order valence-corrected chi connectivity index (χ3v) is 1.85. The Kier molecular flexibility index (Phi) is 5.83. The minimum absolute atomic E-state index is 0.191. The average Bonchev–Trinajstić information content (AvgIpc) is 2.34. The van der Waals surface area contributed by atoms with Gasteiger partial charge in [-0.05, 0) is 13.8 Å². The van der Waals surface area contributed by atoms with Crippen molar-refractivity contribution in [3.05, 3.63) is 11.9 Å². The number of nitrogens with zero attached hydrogens (tertiary/aromatic N) is 2. The lowest BCUT2D eigenvalue weighted by atomic mass is 10.5. The van der Waals surface area contributed by atoms with Gasteiger partial charge >= 0.3 is 0 Å². The summed E-state index contributed by atoms with van der Waals surface area (Å²) in [4.78, 5) is 8.49. The third-order valence-electron chi connectivity index (χ3n) is 1.85. The number of ether oxygens (including phenoxy) is 2. The minimum atomic E-state index is 0.191. The maximum atomic E-state index is 5.28. The van der Waals surface area contributed by atoms with E-state index in [2.05, 4.69) is 21.2 Å². The van der Waals surface area contributed by atoms with Crippen molar-refractivity contribution in [2.45, 2.75) is 20.5 Å². The molecule has 5 nitrogen and oxygen atoms in total. The second-order valence-electron chi connectivity index (χ2n) is 3.17. The van der Waals surface area contributed by atoms with E-state index in [-0.39, 0.29) is 6.61 Å². The van der Waals surface area contributed by atoms with Gasteiger partial charge in [-0.1, -0.05) is 5.92 Å². The van der Waals surface area contributed by atoms with Gasteiger partial charge in [-0.2, -0.15) is 4.98 Å². The predicted octanol–water partition coefficient (Wildman–Crippen LogP) is 1.46. The molecule has 92 valence electrons. The van der Waals surface area contributed by atoms with Gasteiger partial charge in [-0.25, -0.2) is 4.98 Å². The summed E-state index contributed by atoms with van der Waals surface area (Å²) in [6.45, 7) is 5.87. The number of hydrogen-bond donors (Lipinski definition) is 1. The molecule has 1 aromatic rings. The van der Waals surface area contributed by atoms with Crippen molar-refractivity contribution in [1.29, 1.82) is 0 Å². The lowest BCUT2D eigenvalue weighted by Gasteiger charge is -2.08. The van der Waals surface area contributed by atoms with Gasteiger partial charge in [0.25, 0.3) is 0 Å². The van der Waals surface area contributed by atoms with Crippen LogP contribution in [-0.2, 0) is 11.3 Å². The lowest BCUT2D eigenvalue weighted by molar-refractivity contribution is 0.127. The Morgan fingerprint density at radius 1 is 1.41 bits per heavy atom. The van der Waals surface area contributed by atoms with Crippen molar-refractivity contribution >= 4 is 5.82 Å². The van der Waals surface area contributed by atoms with E-state index in [1.165, 1.54) is 0 Å². The topological polar surface area (TPSA) is 56.3 Å². The van der Waals surface area contributed by atoms with Crippen LogP contribution in [0.4, 0.5) is 5.82 Å². The van der Waals surface area contributed by atoms with Gasteiger partial charge in [0.05, 0.1) is 0 Å². The molecule has 1 rings (SSSR count). The number of terminal acetylenes is 1. The Labute approximate surface area is 102 Å². The van der Waals surface area contributed by atoms with Crippen molar-refractivity contribution in [3.8, 4) is 18.2 Å². The van der Waals surface area contributed by atoms with Crippen LogP contribution >= 0.6 is 0 Å². The number of aromatic nitrogens is 2. The van der Waals surface area contributed by atoms with E-state index < -0.39 is 0 Å². The molecule has 0 saturated carbocycles. The molecule has 1 aromatic heterocycles.